The lowest BCUT2D eigenvalue weighted by Gasteiger charge is -2.23. The van der Waals surface area contributed by atoms with Crippen molar-refractivity contribution in [3.63, 3.8) is 0 Å². The maximum atomic E-state index is 5.41. The molecule has 2 rings (SSSR count). The Morgan fingerprint density at radius 2 is 2.00 bits per heavy atom. The second-order valence-corrected chi connectivity index (χ2v) is 5.98. The molecular weight excluding hydrogens is 272 g/mol. The van der Waals surface area contributed by atoms with Crippen molar-refractivity contribution in [3.05, 3.63) is 11.9 Å². The fourth-order valence-electron chi connectivity index (χ4n) is 2.15. The van der Waals surface area contributed by atoms with Gasteiger partial charge in [0.15, 0.2) is 5.82 Å². The number of thioether (sulfide) groups is 1. The molecule has 20 heavy (non-hydrogen) atoms. The van der Waals surface area contributed by atoms with Crippen LogP contribution in [0.5, 0.6) is 0 Å². The van der Waals surface area contributed by atoms with Crippen LogP contribution in [0.1, 0.15) is 32.5 Å². The number of anilines is 2. The Morgan fingerprint density at radius 3 is 2.70 bits per heavy atom. The van der Waals surface area contributed by atoms with E-state index in [1.54, 1.807) is 0 Å². The van der Waals surface area contributed by atoms with E-state index < -0.39 is 0 Å². The fourth-order valence-corrected chi connectivity index (χ4v) is 3.26. The lowest BCUT2D eigenvalue weighted by molar-refractivity contribution is 0.128. The maximum absolute atomic E-state index is 5.41. The van der Waals surface area contributed by atoms with E-state index in [0.717, 1.165) is 24.0 Å². The van der Waals surface area contributed by atoms with Gasteiger partial charge in [0.25, 0.3) is 0 Å². The van der Waals surface area contributed by atoms with Gasteiger partial charge in [-0.2, -0.15) is 11.8 Å². The van der Waals surface area contributed by atoms with Gasteiger partial charge in [-0.25, -0.2) is 9.97 Å². The molecule has 1 aromatic rings. The number of nitrogens with zero attached hydrogens (tertiary/aromatic N) is 2. The van der Waals surface area contributed by atoms with Gasteiger partial charge in [-0.3, -0.25) is 0 Å². The van der Waals surface area contributed by atoms with Crippen LogP contribution in [0.3, 0.4) is 0 Å². The van der Waals surface area contributed by atoms with Crippen LogP contribution in [0, 0.1) is 0 Å². The van der Waals surface area contributed by atoms with Crippen LogP contribution in [-0.4, -0.2) is 40.7 Å². The molecule has 0 atom stereocenters. The number of hydrogen-bond donors (Lipinski definition) is 2. The molecule has 0 saturated carbocycles. The van der Waals surface area contributed by atoms with Crippen molar-refractivity contribution in [2.45, 2.75) is 39.3 Å². The first kappa shape index (κ1) is 15.4. The molecule has 0 bridgehead atoms. The quantitative estimate of drug-likeness (QED) is 0.807. The minimum Gasteiger partial charge on any atom is -0.374 e. The van der Waals surface area contributed by atoms with Crippen molar-refractivity contribution in [3.8, 4) is 0 Å². The molecule has 6 heteroatoms. The summed E-state index contributed by atoms with van der Waals surface area (Å²) in [4.78, 5) is 9.02. The number of nitrogens with one attached hydrogen (secondary N) is 2. The van der Waals surface area contributed by atoms with Gasteiger partial charge in [-0.05, 0) is 38.2 Å². The Balaban J connectivity index is 2.06. The van der Waals surface area contributed by atoms with E-state index in [1.807, 2.05) is 24.8 Å². The molecule has 1 aliphatic rings. The van der Waals surface area contributed by atoms with E-state index in [4.69, 9.17) is 4.74 Å². The Bertz CT molecular complexity index is 410. The first-order valence-corrected chi connectivity index (χ1v) is 8.51. The van der Waals surface area contributed by atoms with Gasteiger partial charge < -0.3 is 15.4 Å². The molecule has 5 nitrogen and oxygen atoms in total. The Labute approximate surface area is 125 Å². The summed E-state index contributed by atoms with van der Waals surface area (Å²) in [5.74, 6) is 4.97. The molecule has 112 valence electrons. The van der Waals surface area contributed by atoms with E-state index in [2.05, 4.69) is 27.5 Å². The summed E-state index contributed by atoms with van der Waals surface area (Å²) in [5.41, 5.74) is 0. The lowest BCUT2D eigenvalue weighted by atomic mass is 10.1. The molecule has 0 unspecified atom stereocenters. The normalized spacial score (nSPS) is 16.1. The zero-order valence-corrected chi connectivity index (χ0v) is 13.1. The van der Waals surface area contributed by atoms with Crippen LogP contribution in [-0.2, 0) is 11.3 Å². The van der Waals surface area contributed by atoms with Crippen molar-refractivity contribution in [2.75, 3.05) is 35.3 Å². The minimum atomic E-state index is 0.463. The zero-order valence-electron chi connectivity index (χ0n) is 12.3. The first-order valence-electron chi connectivity index (χ1n) is 7.35. The average molecular weight is 296 g/mol. The second-order valence-electron chi connectivity index (χ2n) is 4.75. The number of rotatable bonds is 7. The summed E-state index contributed by atoms with van der Waals surface area (Å²) in [6, 6.07) is 2.52. The molecule has 2 N–H and O–H groups in total. The standard InChI is InChI=1S/C14H24N4OS/c1-3-15-12-9-13(16-11-5-7-20-8-6-11)18-14(17-12)10-19-4-2/h9,11H,3-8,10H2,1-2H3,(H2,15,16,17,18). The summed E-state index contributed by atoms with van der Waals surface area (Å²) in [6.45, 7) is 6.04. The molecule has 0 aliphatic carbocycles. The third kappa shape index (κ3) is 4.83. The van der Waals surface area contributed by atoms with Gasteiger partial charge in [-0.1, -0.05) is 0 Å². The molecule has 1 fully saturated rings. The van der Waals surface area contributed by atoms with Gasteiger partial charge in [0, 0.05) is 25.3 Å². The van der Waals surface area contributed by atoms with Crippen LogP contribution in [0.4, 0.5) is 11.6 Å². The molecule has 0 radical (unpaired) electrons. The molecule has 2 heterocycles. The lowest BCUT2D eigenvalue weighted by Crippen LogP contribution is -2.25. The highest BCUT2D eigenvalue weighted by Gasteiger charge is 2.14. The van der Waals surface area contributed by atoms with E-state index in [0.29, 0.717) is 19.3 Å². The topological polar surface area (TPSA) is 59.1 Å². The van der Waals surface area contributed by atoms with Crippen LogP contribution >= 0.6 is 11.8 Å². The van der Waals surface area contributed by atoms with Gasteiger partial charge in [0.1, 0.15) is 18.2 Å². The molecule has 0 aromatic carbocycles. The predicted octanol–water partition coefficient (Wildman–Crippen LogP) is 2.75. The number of ether oxygens (including phenoxy) is 1. The van der Waals surface area contributed by atoms with E-state index >= 15 is 0 Å². The summed E-state index contributed by atoms with van der Waals surface area (Å²) < 4.78 is 5.41. The smallest absolute Gasteiger partial charge is 0.158 e. The summed E-state index contributed by atoms with van der Waals surface area (Å²) in [6.07, 6.45) is 2.40. The van der Waals surface area contributed by atoms with Crippen molar-refractivity contribution in [1.29, 1.82) is 0 Å². The third-order valence-corrected chi connectivity index (χ3v) is 4.19. The second kappa shape index (κ2) is 8.32. The van der Waals surface area contributed by atoms with Crippen molar-refractivity contribution in [1.82, 2.24) is 9.97 Å². The summed E-state index contributed by atoms with van der Waals surface area (Å²) in [7, 11) is 0. The highest BCUT2D eigenvalue weighted by molar-refractivity contribution is 7.99. The van der Waals surface area contributed by atoms with Crippen LogP contribution in [0.15, 0.2) is 6.07 Å². The summed E-state index contributed by atoms with van der Waals surface area (Å²) in [5, 5.41) is 6.79. The monoisotopic (exact) mass is 296 g/mol. The number of hydrogen-bond acceptors (Lipinski definition) is 6. The number of aromatic nitrogens is 2. The Kier molecular flexibility index (Phi) is 6.39. The van der Waals surface area contributed by atoms with Gasteiger partial charge >= 0.3 is 0 Å². The van der Waals surface area contributed by atoms with Crippen LogP contribution in [0.2, 0.25) is 0 Å². The van der Waals surface area contributed by atoms with Crippen molar-refractivity contribution < 1.29 is 4.74 Å². The molecule has 0 spiro atoms. The van der Waals surface area contributed by atoms with Crippen molar-refractivity contribution >= 4 is 23.4 Å². The van der Waals surface area contributed by atoms with Gasteiger partial charge in [-0.15, -0.1) is 0 Å². The minimum absolute atomic E-state index is 0.463. The molecule has 1 saturated heterocycles. The highest BCUT2D eigenvalue weighted by Crippen LogP contribution is 2.21. The zero-order chi connectivity index (χ0) is 14.2. The predicted molar refractivity (Wildman–Crippen MR) is 85.5 cm³/mol. The van der Waals surface area contributed by atoms with Crippen LogP contribution < -0.4 is 10.6 Å². The Hall–Kier alpha value is -1.01. The molecule has 1 aliphatic heterocycles. The van der Waals surface area contributed by atoms with Crippen LogP contribution in [0.25, 0.3) is 0 Å². The van der Waals surface area contributed by atoms with E-state index in [9.17, 15) is 0 Å². The van der Waals surface area contributed by atoms with Gasteiger partial charge in [0.2, 0.25) is 0 Å². The molecule has 0 amide bonds. The average Bonchev–Trinajstić information content (AvgIpc) is 2.46. The highest BCUT2D eigenvalue weighted by atomic mass is 32.2. The third-order valence-electron chi connectivity index (χ3n) is 3.14. The van der Waals surface area contributed by atoms with Gasteiger partial charge in [0.05, 0.1) is 0 Å². The maximum Gasteiger partial charge on any atom is 0.158 e. The SMILES string of the molecule is CCNc1cc(NC2CCSCC2)nc(COCC)n1. The summed E-state index contributed by atoms with van der Waals surface area (Å²) >= 11 is 2.03. The molecule has 1 aromatic heterocycles. The first-order chi connectivity index (χ1) is 9.81. The fraction of sp³-hybridized carbons (Fsp3) is 0.714. The van der Waals surface area contributed by atoms with E-state index in [1.165, 1.54) is 24.3 Å². The molecular formula is C14H24N4OS. The Morgan fingerprint density at radius 1 is 1.25 bits per heavy atom. The van der Waals surface area contributed by atoms with E-state index in [-0.39, 0.29) is 0 Å². The largest absolute Gasteiger partial charge is 0.374 e. The van der Waals surface area contributed by atoms with Crippen molar-refractivity contribution in [2.24, 2.45) is 0 Å².